The maximum atomic E-state index is 12.6. The number of carbonyl (C=O) groups is 1. The Bertz CT molecular complexity index is 572. The van der Waals surface area contributed by atoms with Crippen LogP contribution in [0.4, 0.5) is 0 Å². The van der Waals surface area contributed by atoms with Crippen LogP contribution in [0.2, 0.25) is 0 Å². The molecule has 0 spiro atoms. The summed E-state index contributed by atoms with van der Waals surface area (Å²) in [5.41, 5.74) is 1.02. The van der Waals surface area contributed by atoms with Crippen LogP contribution in [-0.4, -0.2) is 49.7 Å². The normalized spacial score (nSPS) is 18.9. The van der Waals surface area contributed by atoms with Gasteiger partial charge in [-0.1, -0.05) is 12.1 Å². The molecule has 1 atom stereocenters. The smallest absolute Gasteiger partial charge is 0.251 e. The molecule has 2 fully saturated rings. The van der Waals surface area contributed by atoms with Gasteiger partial charge in [-0.3, -0.25) is 4.79 Å². The SMILES string of the molecule is COc1cccc(COC(C)C(=O)N2CCC(NCC3CC3)CC2)c1.Cl. The van der Waals surface area contributed by atoms with E-state index in [1.807, 2.05) is 36.1 Å². The molecule has 0 aromatic heterocycles. The Kier molecular flexibility index (Phi) is 8.19. The number of halogens is 1. The van der Waals surface area contributed by atoms with E-state index < -0.39 is 6.10 Å². The minimum absolute atomic E-state index is 0. The fraction of sp³-hybridized carbons (Fsp3) is 0.650. The average molecular weight is 383 g/mol. The van der Waals surface area contributed by atoms with Gasteiger partial charge >= 0.3 is 0 Å². The lowest BCUT2D eigenvalue weighted by atomic mass is 10.0. The van der Waals surface area contributed by atoms with Crippen LogP contribution < -0.4 is 10.1 Å². The van der Waals surface area contributed by atoms with Gasteiger partial charge in [0.15, 0.2) is 0 Å². The summed E-state index contributed by atoms with van der Waals surface area (Å²) in [6.07, 6.45) is 4.43. The highest BCUT2D eigenvalue weighted by molar-refractivity contribution is 5.85. The van der Waals surface area contributed by atoms with E-state index >= 15 is 0 Å². The predicted octanol–water partition coefficient (Wildman–Crippen LogP) is 3.01. The molecule has 1 unspecified atom stereocenters. The molecule has 1 aromatic rings. The summed E-state index contributed by atoms with van der Waals surface area (Å²) < 4.78 is 11.0. The van der Waals surface area contributed by atoms with Crippen molar-refractivity contribution in [3.8, 4) is 5.75 Å². The van der Waals surface area contributed by atoms with Crippen LogP contribution in [-0.2, 0) is 16.1 Å². The molecule has 1 N–H and O–H groups in total. The topological polar surface area (TPSA) is 50.8 Å². The van der Waals surface area contributed by atoms with Gasteiger partial charge in [0, 0.05) is 19.1 Å². The highest BCUT2D eigenvalue weighted by Gasteiger charge is 2.28. The van der Waals surface area contributed by atoms with Crippen molar-refractivity contribution < 1.29 is 14.3 Å². The van der Waals surface area contributed by atoms with Crippen molar-refractivity contribution in [1.29, 1.82) is 0 Å². The van der Waals surface area contributed by atoms with Gasteiger partial charge in [0.2, 0.25) is 0 Å². The van der Waals surface area contributed by atoms with Crippen LogP contribution in [0.1, 0.15) is 38.2 Å². The lowest BCUT2D eigenvalue weighted by Crippen LogP contribution is -2.48. The summed E-state index contributed by atoms with van der Waals surface area (Å²) in [6, 6.07) is 8.33. The highest BCUT2D eigenvalue weighted by atomic mass is 35.5. The predicted molar refractivity (Wildman–Crippen MR) is 105 cm³/mol. The first-order valence-electron chi connectivity index (χ1n) is 9.42. The van der Waals surface area contributed by atoms with Gasteiger partial charge in [0.25, 0.3) is 5.91 Å². The molecule has 1 aromatic carbocycles. The van der Waals surface area contributed by atoms with Crippen molar-refractivity contribution >= 4 is 18.3 Å². The first kappa shape index (κ1) is 21.0. The number of nitrogens with zero attached hydrogens (tertiary/aromatic N) is 1. The van der Waals surface area contributed by atoms with Crippen molar-refractivity contribution in [3.63, 3.8) is 0 Å². The van der Waals surface area contributed by atoms with Gasteiger partial charge in [-0.15, -0.1) is 12.4 Å². The van der Waals surface area contributed by atoms with Crippen LogP contribution in [0.15, 0.2) is 24.3 Å². The van der Waals surface area contributed by atoms with E-state index in [9.17, 15) is 4.79 Å². The molecule has 1 amide bonds. The molecule has 1 saturated carbocycles. The lowest BCUT2D eigenvalue weighted by molar-refractivity contribution is -0.144. The Morgan fingerprint density at radius 3 is 2.65 bits per heavy atom. The minimum Gasteiger partial charge on any atom is -0.497 e. The number of piperidine rings is 1. The van der Waals surface area contributed by atoms with Crippen molar-refractivity contribution in [2.45, 2.75) is 51.4 Å². The van der Waals surface area contributed by atoms with Gasteiger partial charge in [0.1, 0.15) is 11.9 Å². The van der Waals surface area contributed by atoms with E-state index in [2.05, 4.69) is 5.32 Å². The molecule has 1 heterocycles. The number of rotatable bonds is 8. The largest absolute Gasteiger partial charge is 0.497 e. The van der Waals surface area contributed by atoms with Crippen LogP contribution in [0, 0.1) is 5.92 Å². The highest BCUT2D eigenvalue weighted by Crippen LogP contribution is 2.28. The van der Waals surface area contributed by atoms with Crippen LogP contribution in [0.25, 0.3) is 0 Å². The van der Waals surface area contributed by atoms with Crippen molar-refractivity contribution in [3.05, 3.63) is 29.8 Å². The number of benzene rings is 1. The third-order valence-electron chi connectivity index (χ3n) is 5.18. The Balaban J connectivity index is 0.00000243. The number of amides is 1. The van der Waals surface area contributed by atoms with E-state index in [1.165, 1.54) is 12.8 Å². The van der Waals surface area contributed by atoms with Gasteiger partial charge in [0.05, 0.1) is 13.7 Å². The maximum absolute atomic E-state index is 12.6. The molecule has 1 saturated heterocycles. The third kappa shape index (κ3) is 6.15. The number of likely N-dealkylation sites (tertiary alicyclic amines) is 1. The van der Waals surface area contributed by atoms with E-state index in [0.29, 0.717) is 12.6 Å². The minimum atomic E-state index is -0.415. The van der Waals surface area contributed by atoms with Crippen LogP contribution >= 0.6 is 12.4 Å². The second kappa shape index (κ2) is 10.1. The van der Waals surface area contributed by atoms with Gasteiger partial charge in [-0.2, -0.15) is 0 Å². The van der Waals surface area contributed by atoms with E-state index in [1.54, 1.807) is 7.11 Å². The summed E-state index contributed by atoms with van der Waals surface area (Å²) in [4.78, 5) is 14.5. The molecule has 0 radical (unpaired) electrons. The summed E-state index contributed by atoms with van der Waals surface area (Å²) in [6.45, 7) is 5.07. The second-order valence-electron chi connectivity index (χ2n) is 7.26. The summed E-state index contributed by atoms with van der Waals surface area (Å²) in [5.74, 6) is 1.81. The second-order valence-corrected chi connectivity index (χ2v) is 7.26. The quantitative estimate of drug-likeness (QED) is 0.750. The molecule has 0 bridgehead atoms. The van der Waals surface area contributed by atoms with E-state index in [-0.39, 0.29) is 18.3 Å². The standard InChI is InChI=1S/C20H30N2O3.ClH/c1-15(25-14-17-4-3-5-19(12-17)24-2)20(23)22-10-8-18(9-11-22)21-13-16-6-7-16;/h3-5,12,15-16,18,21H,6-11,13-14H2,1-2H3;1H. The molecule has 1 aliphatic carbocycles. The van der Waals surface area contributed by atoms with Crippen LogP contribution in [0.5, 0.6) is 5.75 Å². The first-order valence-corrected chi connectivity index (χ1v) is 9.42. The lowest BCUT2D eigenvalue weighted by Gasteiger charge is -2.34. The van der Waals surface area contributed by atoms with Crippen molar-refractivity contribution in [1.82, 2.24) is 10.2 Å². The monoisotopic (exact) mass is 382 g/mol. The van der Waals surface area contributed by atoms with E-state index in [0.717, 1.165) is 49.7 Å². The Labute approximate surface area is 162 Å². The molecular formula is C20H31ClN2O3. The molecule has 6 heteroatoms. The van der Waals surface area contributed by atoms with E-state index in [4.69, 9.17) is 9.47 Å². The zero-order valence-electron chi connectivity index (χ0n) is 15.8. The molecule has 5 nitrogen and oxygen atoms in total. The number of hydrogen-bond donors (Lipinski definition) is 1. The summed E-state index contributed by atoms with van der Waals surface area (Å²) in [5, 5.41) is 3.65. The molecule has 3 rings (SSSR count). The zero-order chi connectivity index (χ0) is 17.6. The third-order valence-corrected chi connectivity index (χ3v) is 5.18. The first-order chi connectivity index (χ1) is 12.2. The Morgan fingerprint density at radius 2 is 2.00 bits per heavy atom. The fourth-order valence-corrected chi connectivity index (χ4v) is 3.27. The van der Waals surface area contributed by atoms with Crippen molar-refractivity contribution in [2.24, 2.45) is 5.92 Å². The molecule has 146 valence electrons. The molecular weight excluding hydrogens is 352 g/mol. The zero-order valence-corrected chi connectivity index (χ0v) is 16.6. The molecule has 1 aliphatic heterocycles. The summed E-state index contributed by atoms with van der Waals surface area (Å²) in [7, 11) is 1.65. The molecule has 26 heavy (non-hydrogen) atoms. The Hall–Kier alpha value is -1.30. The number of hydrogen-bond acceptors (Lipinski definition) is 4. The maximum Gasteiger partial charge on any atom is 0.251 e. The number of methoxy groups -OCH3 is 1. The fourth-order valence-electron chi connectivity index (χ4n) is 3.27. The summed E-state index contributed by atoms with van der Waals surface area (Å²) >= 11 is 0. The van der Waals surface area contributed by atoms with Crippen LogP contribution in [0.3, 0.4) is 0 Å². The number of nitrogens with one attached hydrogen (secondary N) is 1. The number of carbonyl (C=O) groups excluding carboxylic acids is 1. The van der Waals surface area contributed by atoms with Gasteiger partial charge in [-0.05, 0) is 62.8 Å². The molecule has 2 aliphatic rings. The van der Waals surface area contributed by atoms with Gasteiger partial charge in [-0.25, -0.2) is 0 Å². The van der Waals surface area contributed by atoms with Gasteiger partial charge < -0.3 is 19.7 Å². The average Bonchev–Trinajstić information content (AvgIpc) is 3.49. The van der Waals surface area contributed by atoms with Crippen molar-refractivity contribution in [2.75, 3.05) is 26.7 Å². The Morgan fingerprint density at radius 1 is 1.27 bits per heavy atom. The number of ether oxygens (including phenoxy) is 2.